The smallest absolute Gasteiger partial charge is 0.273 e. The van der Waals surface area contributed by atoms with E-state index in [2.05, 4.69) is 26.7 Å². The van der Waals surface area contributed by atoms with Crippen molar-refractivity contribution in [1.29, 1.82) is 0 Å². The van der Waals surface area contributed by atoms with Crippen molar-refractivity contribution >= 4 is 16.8 Å². The van der Waals surface area contributed by atoms with Gasteiger partial charge in [0.1, 0.15) is 0 Å². The SMILES string of the molecule is Cc1cccc(-n2nnc(C(=O)NCCc3c[nH]c4ccccc34)c2C)c1. The second kappa shape index (κ2) is 7.07. The van der Waals surface area contributed by atoms with Crippen LogP contribution in [0.5, 0.6) is 0 Å². The first-order valence-electron chi connectivity index (χ1n) is 8.96. The topological polar surface area (TPSA) is 75.6 Å². The summed E-state index contributed by atoms with van der Waals surface area (Å²) < 4.78 is 1.70. The average Bonchev–Trinajstić information content (AvgIpc) is 3.25. The van der Waals surface area contributed by atoms with Gasteiger partial charge in [0.25, 0.3) is 5.91 Å². The summed E-state index contributed by atoms with van der Waals surface area (Å²) in [6.45, 7) is 4.42. The molecule has 0 aliphatic heterocycles. The number of rotatable bonds is 5. The van der Waals surface area contributed by atoms with Gasteiger partial charge in [-0.1, -0.05) is 35.5 Å². The number of hydrogen-bond acceptors (Lipinski definition) is 3. The Morgan fingerprint density at radius 3 is 2.85 bits per heavy atom. The molecule has 0 bridgehead atoms. The lowest BCUT2D eigenvalue weighted by atomic mass is 10.1. The summed E-state index contributed by atoms with van der Waals surface area (Å²) in [7, 11) is 0. The maximum Gasteiger partial charge on any atom is 0.273 e. The van der Waals surface area contributed by atoms with E-state index in [1.54, 1.807) is 4.68 Å². The third kappa shape index (κ3) is 3.33. The summed E-state index contributed by atoms with van der Waals surface area (Å²) in [5.74, 6) is -0.203. The third-order valence-corrected chi connectivity index (χ3v) is 4.71. The lowest BCUT2D eigenvalue weighted by Crippen LogP contribution is -2.26. The molecule has 2 N–H and O–H groups in total. The van der Waals surface area contributed by atoms with Gasteiger partial charge < -0.3 is 10.3 Å². The number of nitrogens with one attached hydrogen (secondary N) is 2. The zero-order valence-corrected chi connectivity index (χ0v) is 15.4. The van der Waals surface area contributed by atoms with Crippen molar-refractivity contribution in [3.05, 3.63) is 77.2 Å². The Kier molecular flexibility index (Phi) is 4.46. The van der Waals surface area contributed by atoms with E-state index in [1.165, 1.54) is 10.9 Å². The van der Waals surface area contributed by atoms with Crippen LogP contribution in [0, 0.1) is 13.8 Å². The molecule has 2 aromatic carbocycles. The summed E-state index contributed by atoms with van der Waals surface area (Å²) in [5.41, 5.74) is 5.41. The highest BCUT2D eigenvalue weighted by molar-refractivity contribution is 5.93. The molecule has 0 saturated carbocycles. The van der Waals surface area contributed by atoms with Gasteiger partial charge in [0.15, 0.2) is 5.69 Å². The number of benzene rings is 2. The van der Waals surface area contributed by atoms with Crippen LogP contribution in [0.15, 0.2) is 54.7 Å². The van der Waals surface area contributed by atoms with Crippen LogP contribution in [-0.2, 0) is 6.42 Å². The molecule has 1 amide bonds. The second-order valence-electron chi connectivity index (χ2n) is 6.64. The average molecular weight is 359 g/mol. The zero-order chi connectivity index (χ0) is 18.8. The van der Waals surface area contributed by atoms with E-state index in [-0.39, 0.29) is 5.91 Å². The van der Waals surface area contributed by atoms with Crippen LogP contribution in [0.25, 0.3) is 16.6 Å². The van der Waals surface area contributed by atoms with Crippen LogP contribution in [0.3, 0.4) is 0 Å². The Morgan fingerprint density at radius 1 is 1.15 bits per heavy atom. The molecule has 0 atom stereocenters. The molecular weight excluding hydrogens is 338 g/mol. The number of nitrogens with zero attached hydrogens (tertiary/aromatic N) is 3. The molecule has 2 heterocycles. The van der Waals surface area contributed by atoms with E-state index >= 15 is 0 Å². The maximum absolute atomic E-state index is 12.5. The van der Waals surface area contributed by atoms with E-state index in [0.717, 1.165) is 28.9 Å². The minimum absolute atomic E-state index is 0.203. The number of para-hydroxylation sites is 1. The van der Waals surface area contributed by atoms with Crippen LogP contribution < -0.4 is 5.32 Å². The van der Waals surface area contributed by atoms with Crippen molar-refractivity contribution in [3.63, 3.8) is 0 Å². The Morgan fingerprint density at radius 2 is 2.00 bits per heavy atom. The lowest BCUT2D eigenvalue weighted by molar-refractivity contribution is 0.0948. The predicted octanol–water partition coefficient (Wildman–Crippen LogP) is 3.34. The molecule has 0 radical (unpaired) electrons. The van der Waals surface area contributed by atoms with Gasteiger partial charge in [0, 0.05) is 23.6 Å². The molecule has 27 heavy (non-hydrogen) atoms. The van der Waals surface area contributed by atoms with Crippen molar-refractivity contribution in [1.82, 2.24) is 25.3 Å². The van der Waals surface area contributed by atoms with Crippen LogP contribution in [-0.4, -0.2) is 32.4 Å². The maximum atomic E-state index is 12.5. The Bertz CT molecular complexity index is 1110. The molecule has 0 saturated heterocycles. The van der Waals surface area contributed by atoms with Crippen molar-refractivity contribution in [2.45, 2.75) is 20.3 Å². The highest BCUT2D eigenvalue weighted by Gasteiger charge is 2.17. The molecule has 6 heteroatoms. The number of carbonyl (C=O) groups excluding carboxylic acids is 1. The molecule has 0 unspecified atom stereocenters. The monoisotopic (exact) mass is 359 g/mol. The van der Waals surface area contributed by atoms with Crippen LogP contribution in [0.2, 0.25) is 0 Å². The summed E-state index contributed by atoms with van der Waals surface area (Å²) >= 11 is 0. The van der Waals surface area contributed by atoms with Crippen molar-refractivity contribution in [2.24, 2.45) is 0 Å². The van der Waals surface area contributed by atoms with Crippen molar-refractivity contribution in [3.8, 4) is 5.69 Å². The molecule has 6 nitrogen and oxygen atoms in total. The molecule has 0 spiro atoms. The standard InChI is InChI=1S/C21H21N5O/c1-14-6-5-7-17(12-14)26-15(2)20(24-25-26)21(27)22-11-10-16-13-23-19-9-4-3-8-18(16)19/h3-9,12-13,23H,10-11H2,1-2H3,(H,22,27). The number of fused-ring (bicyclic) bond motifs is 1. The molecule has 136 valence electrons. The van der Waals surface area contributed by atoms with Crippen LogP contribution in [0.1, 0.15) is 27.3 Å². The molecule has 4 aromatic rings. The largest absolute Gasteiger partial charge is 0.361 e. The first-order valence-corrected chi connectivity index (χ1v) is 8.96. The normalized spacial score (nSPS) is 11.0. The third-order valence-electron chi connectivity index (χ3n) is 4.71. The second-order valence-corrected chi connectivity index (χ2v) is 6.64. The predicted molar refractivity (Wildman–Crippen MR) is 105 cm³/mol. The summed E-state index contributed by atoms with van der Waals surface area (Å²) in [6, 6.07) is 16.1. The van der Waals surface area contributed by atoms with Gasteiger partial charge in [-0.25, -0.2) is 4.68 Å². The van der Waals surface area contributed by atoms with Gasteiger partial charge >= 0.3 is 0 Å². The summed E-state index contributed by atoms with van der Waals surface area (Å²) in [6.07, 6.45) is 2.75. The van der Waals surface area contributed by atoms with E-state index in [4.69, 9.17) is 0 Å². The number of amides is 1. The molecule has 0 aliphatic carbocycles. The fourth-order valence-electron chi connectivity index (χ4n) is 3.28. The van der Waals surface area contributed by atoms with E-state index < -0.39 is 0 Å². The van der Waals surface area contributed by atoms with Gasteiger partial charge in [-0.15, -0.1) is 5.10 Å². The van der Waals surface area contributed by atoms with E-state index in [1.807, 2.05) is 62.5 Å². The molecular formula is C21H21N5O. The minimum atomic E-state index is -0.203. The zero-order valence-electron chi connectivity index (χ0n) is 15.4. The summed E-state index contributed by atoms with van der Waals surface area (Å²) in [4.78, 5) is 15.8. The fraction of sp³-hybridized carbons (Fsp3) is 0.190. The van der Waals surface area contributed by atoms with E-state index in [9.17, 15) is 4.79 Å². The van der Waals surface area contributed by atoms with Crippen molar-refractivity contribution in [2.75, 3.05) is 6.54 Å². The van der Waals surface area contributed by atoms with Gasteiger partial charge in [0.05, 0.1) is 11.4 Å². The minimum Gasteiger partial charge on any atom is -0.361 e. The molecule has 0 aliphatic rings. The Hall–Kier alpha value is -3.41. The highest BCUT2D eigenvalue weighted by Crippen LogP contribution is 2.18. The summed E-state index contributed by atoms with van der Waals surface area (Å²) in [5, 5.41) is 12.4. The van der Waals surface area contributed by atoms with Gasteiger partial charge in [-0.3, -0.25) is 4.79 Å². The molecule has 4 rings (SSSR count). The number of aromatic amines is 1. The Balaban J connectivity index is 1.44. The van der Waals surface area contributed by atoms with Gasteiger partial charge in [-0.05, 0) is 49.6 Å². The first kappa shape index (κ1) is 17.0. The highest BCUT2D eigenvalue weighted by atomic mass is 16.2. The number of H-pyrrole nitrogens is 1. The number of aromatic nitrogens is 4. The Labute approximate surface area is 157 Å². The van der Waals surface area contributed by atoms with Gasteiger partial charge in [0.2, 0.25) is 0 Å². The molecule has 2 aromatic heterocycles. The fourth-order valence-corrected chi connectivity index (χ4v) is 3.28. The number of hydrogen-bond donors (Lipinski definition) is 2. The number of aryl methyl sites for hydroxylation is 1. The van der Waals surface area contributed by atoms with Gasteiger partial charge in [-0.2, -0.15) is 0 Å². The van der Waals surface area contributed by atoms with Crippen LogP contribution in [0.4, 0.5) is 0 Å². The molecule has 0 fully saturated rings. The van der Waals surface area contributed by atoms with Crippen LogP contribution >= 0.6 is 0 Å². The number of carbonyl (C=O) groups is 1. The van der Waals surface area contributed by atoms with E-state index in [0.29, 0.717) is 12.2 Å². The van der Waals surface area contributed by atoms with Crippen molar-refractivity contribution < 1.29 is 4.79 Å². The quantitative estimate of drug-likeness (QED) is 0.574. The first-order chi connectivity index (χ1) is 13.1. The lowest BCUT2D eigenvalue weighted by Gasteiger charge is -2.06.